The highest BCUT2D eigenvalue weighted by atomic mass is 19.4. The second kappa shape index (κ2) is 7.57. The minimum atomic E-state index is -4.48. The van der Waals surface area contributed by atoms with E-state index in [1.54, 1.807) is 4.90 Å². The number of para-hydroxylation sites is 1. The number of pyridine rings is 1. The van der Waals surface area contributed by atoms with Crippen LogP contribution in [0.2, 0.25) is 0 Å². The zero-order chi connectivity index (χ0) is 22.5. The summed E-state index contributed by atoms with van der Waals surface area (Å²) in [6.07, 6.45) is -0.0367. The lowest BCUT2D eigenvalue weighted by atomic mass is 10.1. The van der Waals surface area contributed by atoms with Gasteiger partial charge >= 0.3 is 6.18 Å². The van der Waals surface area contributed by atoms with Gasteiger partial charge in [0.05, 0.1) is 29.6 Å². The molecule has 0 unspecified atom stereocenters. The van der Waals surface area contributed by atoms with Gasteiger partial charge in [0, 0.05) is 18.8 Å². The van der Waals surface area contributed by atoms with Gasteiger partial charge in [0.25, 0.3) is 5.91 Å². The fraction of sp³-hybridized carbons (Fsp3) is 0.333. The van der Waals surface area contributed by atoms with Gasteiger partial charge in [-0.3, -0.25) is 4.79 Å². The Hall–Kier alpha value is -3.50. The number of ether oxygens (including phenoxy) is 1. The van der Waals surface area contributed by atoms with Gasteiger partial charge in [-0.05, 0) is 37.0 Å². The van der Waals surface area contributed by atoms with Crippen molar-refractivity contribution in [2.24, 2.45) is 5.92 Å². The van der Waals surface area contributed by atoms with Crippen LogP contribution in [0.5, 0.6) is 5.88 Å². The maximum absolute atomic E-state index is 14.5. The number of alkyl halides is 3. The summed E-state index contributed by atoms with van der Waals surface area (Å²) in [6, 6.07) is 5.99. The van der Waals surface area contributed by atoms with E-state index < -0.39 is 23.7 Å². The van der Waals surface area contributed by atoms with Gasteiger partial charge in [0.2, 0.25) is 5.88 Å². The number of carbonyl (C=O) groups is 1. The molecule has 2 aromatic heterocycles. The average Bonchev–Trinajstić information content (AvgIpc) is 3.50. The standard InChI is InChI=1S/C21H17F4N5O2/c22-15-3-1-2-14(19(15)30-27-6-7-28-30)20(31)29-11-12-8-16(29)17(9-12)32-18-5-4-13(10-26-18)21(23,24)25/h1-7,10,12,16-17H,8-9,11H2/t12-,16+,17-/m1/s1. The third-order valence-electron chi connectivity index (χ3n) is 5.86. The first-order valence-electron chi connectivity index (χ1n) is 9.97. The van der Waals surface area contributed by atoms with E-state index in [-0.39, 0.29) is 35.0 Å². The van der Waals surface area contributed by atoms with Crippen molar-refractivity contribution in [1.29, 1.82) is 0 Å². The molecule has 1 saturated carbocycles. The van der Waals surface area contributed by atoms with Crippen molar-refractivity contribution in [1.82, 2.24) is 24.9 Å². The minimum absolute atomic E-state index is 0.0350. The zero-order valence-corrected chi connectivity index (χ0v) is 16.5. The molecule has 1 amide bonds. The van der Waals surface area contributed by atoms with E-state index >= 15 is 0 Å². The Balaban J connectivity index is 1.37. The Morgan fingerprint density at radius 1 is 1.09 bits per heavy atom. The molecule has 1 aliphatic heterocycles. The van der Waals surface area contributed by atoms with Crippen molar-refractivity contribution in [3.05, 3.63) is 65.9 Å². The number of amides is 1. The number of rotatable bonds is 4. The molecule has 0 N–H and O–H groups in total. The van der Waals surface area contributed by atoms with Gasteiger partial charge in [-0.1, -0.05) is 6.07 Å². The van der Waals surface area contributed by atoms with Gasteiger partial charge in [-0.25, -0.2) is 9.37 Å². The van der Waals surface area contributed by atoms with Crippen LogP contribution >= 0.6 is 0 Å². The summed E-state index contributed by atoms with van der Waals surface area (Å²) in [5.41, 5.74) is -0.771. The highest BCUT2D eigenvalue weighted by Crippen LogP contribution is 2.41. The van der Waals surface area contributed by atoms with Crippen LogP contribution in [0.1, 0.15) is 28.8 Å². The van der Waals surface area contributed by atoms with Gasteiger partial charge in [0.1, 0.15) is 11.8 Å². The number of hydrogen-bond donors (Lipinski definition) is 0. The van der Waals surface area contributed by atoms with Crippen LogP contribution in [0.3, 0.4) is 0 Å². The van der Waals surface area contributed by atoms with Crippen molar-refractivity contribution < 1.29 is 27.1 Å². The Morgan fingerprint density at radius 2 is 1.88 bits per heavy atom. The summed E-state index contributed by atoms with van der Waals surface area (Å²) in [5.74, 6) is -0.755. The molecule has 5 rings (SSSR count). The fourth-order valence-electron chi connectivity index (χ4n) is 4.48. The Bertz CT molecular complexity index is 1130. The Labute approximate surface area is 179 Å². The van der Waals surface area contributed by atoms with E-state index in [0.717, 1.165) is 17.1 Å². The summed E-state index contributed by atoms with van der Waals surface area (Å²) in [7, 11) is 0. The molecular weight excluding hydrogens is 430 g/mol. The molecule has 3 aromatic rings. The van der Waals surface area contributed by atoms with Crippen LogP contribution in [0, 0.1) is 11.7 Å². The molecule has 3 atom stereocenters. The predicted octanol–water partition coefficient (Wildman–Crippen LogP) is 3.50. The largest absolute Gasteiger partial charge is 0.472 e. The van der Waals surface area contributed by atoms with Crippen LogP contribution in [-0.2, 0) is 6.18 Å². The molecule has 7 nitrogen and oxygen atoms in total. The van der Waals surface area contributed by atoms with E-state index in [9.17, 15) is 22.4 Å². The van der Waals surface area contributed by atoms with E-state index in [0.29, 0.717) is 19.4 Å². The highest BCUT2D eigenvalue weighted by Gasteiger charge is 2.49. The van der Waals surface area contributed by atoms with E-state index in [2.05, 4.69) is 15.2 Å². The number of carbonyl (C=O) groups excluding carboxylic acids is 1. The summed E-state index contributed by atoms with van der Waals surface area (Å²) >= 11 is 0. The summed E-state index contributed by atoms with van der Waals surface area (Å²) in [5, 5.41) is 7.88. The molecule has 1 saturated heterocycles. The van der Waals surface area contributed by atoms with Crippen molar-refractivity contribution >= 4 is 5.91 Å². The summed E-state index contributed by atoms with van der Waals surface area (Å²) in [6.45, 7) is 0.492. The van der Waals surface area contributed by atoms with Gasteiger partial charge in [-0.15, -0.1) is 4.80 Å². The van der Waals surface area contributed by atoms with Crippen LogP contribution in [0.4, 0.5) is 17.6 Å². The maximum Gasteiger partial charge on any atom is 0.417 e. The molecule has 2 bridgehead atoms. The van der Waals surface area contributed by atoms with E-state index in [4.69, 9.17) is 4.74 Å². The fourth-order valence-corrected chi connectivity index (χ4v) is 4.48. The molecule has 2 aliphatic rings. The monoisotopic (exact) mass is 447 g/mol. The number of piperidine rings is 1. The Morgan fingerprint density at radius 3 is 2.53 bits per heavy atom. The average molecular weight is 447 g/mol. The van der Waals surface area contributed by atoms with Crippen molar-refractivity contribution in [3.63, 3.8) is 0 Å². The number of likely N-dealkylation sites (tertiary alicyclic amines) is 1. The quantitative estimate of drug-likeness (QED) is 0.573. The summed E-state index contributed by atoms with van der Waals surface area (Å²) in [4.78, 5) is 19.8. The SMILES string of the molecule is O=C(c1cccc(F)c1-n1nccn1)N1C[C@H]2C[C@@H](Oc3ccc(C(F)(F)F)cn3)[C@@H]1C2. The molecule has 1 aliphatic carbocycles. The number of benzene rings is 1. The minimum Gasteiger partial charge on any atom is -0.472 e. The molecular formula is C21H17F4N5O2. The third kappa shape index (κ3) is 3.57. The molecule has 0 radical (unpaired) electrons. The first-order chi connectivity index (χ1) is 15.3. The number of nitrogens with zero attached hydrogens (tertiary/aromatic N) is 5. The van der Waals surface area contributed by atoms with E-state index in [1.807, 2.05) is 0 Å². The number of fused-ring (bicyclic) bond motifs is 2. The lowest BCUT2D eigenvalue weighted by Gasteiger charge is -2.33. The molecule has 11 heteroatoms. The second-order valence-corrected chi connectivity index (χ2v) is 7.86. The smallest absolute Gasteiger partial charge is 0.417 e. The lowest BCUT2D eigenvalue weighted by Crippen LogP contribution is -2.47. The van der Waals surface area contributed by atoms with Crippen molar-refractivity contribution in [2.45, 2.75) is 31.2 Å². The summed E-state index contributed by atoms with van der Waals surface area (Å²) < 4.78 is 58.6. The van der Waals surface area contributed by atoms with Gasteiger partial charge in [-0.2, -0.15) is 23.4 Å². The predicted molar refractivity (Wildman–Crippen MR) is 103 cm³/mol. The van der Waals surface area contributed by atoms with Crippen LogP contribution < -0.4 is 4.74 Å². The second-order valence-electron chi connectivity index (χ2n) is 7.86. The maximum atomic E-state index is 14.5. The normalized spacial score (nSPS) is 22.4. The molecule has 166 valence electrons. The van der Waals surface area contributed by atoms with Crippen LogP contribution in [0.25, 0.3) is 5.69 Å². The van der Waals surface area contributed by atoms with Crippen LogP contribution in [-0.4, -0.2) is 49.5 Å². The van der Waals surface area contributed by atoms with E-state index in [1.165, 1.54) is 36.7 Å². The molecule has 32 heavy (non-hydrogen) atoms. The molecule has 0 spiro atoms. The van der Waals surface area contributed by atoms with Gasteiger partial charge < -0.3 is 9.64 Å². The first kappa shape index (κ1) is 20.4. The number of halogens is 4. The number of aromatic nitrogens is 4. The van der Waals surface area contributed by atoms with Gasteiger partial charge in [0.15, 0.2) is 5.82 Å². The van der Waals surface area contributed by atoms with Crippen LogP contribution in [0.15, 0.2) is 48.9 Å². The third-order valence-corrected chi connectivity index (χ3v) is 5.86. The molecule has 2 fully saturated rings. The Kier molecular flexibility index (Phi) is 4.83. The molecule has 1 aromatic carbocycles. The molecule has 3 heterocycles. The number of hydrogen-bond acceptors (Lipinski definition) is 5. The lowest BCUT2D eigenvalue weighted by molar-refractivity contribution is -0.137. The zero-order valence-electron chi connectivity index (χ0n) is 16.5. The van der Waals surface area contributed by atoms with Crippen molar-refractivity contribution in [2.75, 3.05) is 6.54 Å². The first-order valence-corrected chi connectivity index (χ1v) is 9.97. The van der Waals surface area contributed by atoms with Crippen molar-refractivity contribution in [3.8, 4) is 11.6 Å². The topological polar surface area (TPSA) is 73.1 Å². The highest BCUT2D eigenvalue weighted by molar-refractivity contribution is 5.98.